The minimum atomic E-state index is -0.355. The van der Waals surface area contributed by atoms with Gasteiger partial charge in [0, 0.05) is 27.2 Å². The molecular weight excluding hydrogens is 289 g/mol. The second-order valence-corrected chi connectivity index (χ2v) is 5.14. The van der Waals surface area contributed by atoms with Crippen LogP contribution < -0.4 is 5.73 Å². The van der Waals surface area contributed by atoms with Crippen molar-refractivity contribution >= 4 is 33.8 Å². The van der Waals surface area contributed by atoms with Gasteiger partial charge in [-0.25, -0.2) is 4.39 Å². The molecule has 2 nitrogen and oxygen atoms in total. The van der Waals surface area contributed by atoms with Crippen LogP contribution in [0, 0.1) is 5.82 Å². The Bertz CT molecular complexity index is 861. The molecule has 0 aromatic heterocycles. The van der Waals surface area contributed by atoms with E-state index in [1.54, 1.807) is 36.4 Å². The summed E-state index contributed by atoms with van der Waals surface area (Å²) in [6, 6.07) is 14.4. The van der Waals surface area contributed by atoms with Crippen molar-refractivity contribution in [2.75, 3.05) is 5.73 Å². The number of rotatable bonds is 2. The van der Waals surface area contributed by atoms with Gasteiger partial charge in [-0.1, -0.05) is 35.9 Å². The predicted molar refractivity (Wildman–Crippen MR) is 83.2 cm³/mol. The van der Waals surface area contributed by atoms with Gasteiger partial charge in [-0.3, -0.25) is 4.79 Å². The highest BCUT2D eigenvalue weighted by Crippen LogP contribution is 2.26. The fourth-order valence-electron chi connectivity index (χ4n) is 2.35. The van der Waals surface area contributed by atoms with Gasteiger partial charge in [0.05, 0.1) is 0 Å². The zero-order valence-electron chi connectivity index (χ0n) is 10.9. The smallest absolute Gasteiger partial charge is 0.195 e. The molecule has 0 aliphatic carbocycles. The molecule has 3 aromatic rings. The van der Waals surface area contributed by atoms with Gasteiger partial charge in [0.1, 0.15) is 5.82 Å². The van der Waals surface area contributed by atoms with Crippen LogP contribution in [0.1, 0.15) is 15.9 Å². The van der Waals surface area contributed by atoms with Crippen molar-refractivity contribution in [2.45, 2.75) is 0 Å². The molecule has 3 aromatic carbocycles. The highest BCUT2D eigenvalue weighted by atomic mass is 35.5. The lowest BCUT2D eigenvalue weighted by Crippen LogP contribution is -2.06. The number of nitrogens with two attached hydrogens (primary N) is 1. The van der Waals surface area contributed by atoms with Gasteiger partial charge in [-0.15, -0.1) is 0 Å². The number of hydrogen-bond donors (Lipinski definition) is 1. The summed E-state index contributed by atoms with van der Waals surface area (Å²) < 4.78 is 13.8. The van der Waals surface area contributed by atoms with E-state index in [2.05, 4.69) is 0 Å². The van der Waals surface area contributed by atoms with Gasteiger partial charge in [0.15, 0.2) is 5.78 Å². The third-order valence-corrected chi connectivity index (χ3v) is 3.61. The summed E-state index contributed by atoms with van der Waals surface area (Å²) in [4.78, 5) is 12.7. The number of carbonyl (C=O) groups is 1. The van der Waals surface area contributed by atoms with Crippen LogP contribution in [0.4, 0.5) is 10.1 Å². The molecule has 0 saturated heterocycles. The monoisotopic (exact) mass is 299 g/mol. The number of ketones is 1. The van der Waals surface area contributed by atoms with E-state index in [-0.39, 0.29) is 11.6 Å². The van der Waals surface area contributed by atoms with Crippen LogP contribution >= 0.6 is 11.6 Å². The Morgan fingerprint density at radius 2 is 1.62 bits per heavy atom. The minimum Gasteiger partial charge on any atom is -0.398 e. The summed E-state index contributed by atoms with van der Waals surface area (Å²) in [5.74, 6) is -0.605. The molecule has 4 heteroatoms. The summed E-state index contributed by atoms with van der Waals surface area (Å²) >= 11 is 5.84. The molecule has 0 heterocycles. The number of anilines is 1. The van der Waals surface area contributed by atoms with E-state index in [0.29, 0.717) is 32.6 Å². The SMILES string of the molecule is Nc1cc(Cl)ccc1C(=O)c1ccc(F)c2ccccc12. The van der Waals surface area contributed by atoms with Gasteiger partial charge in [-0.05, 0) is 35.7 Å². The van der Waals surface area contributed by atoms with E-state index < -0.39 is 0 Å². The van der Waals surface area contributed by atoms with Gasteiger partial charge < -0.3 is 5.73 Å². The molecule has 0 saturated carbocycles. The van der Waals surface area contributed by atoms with Crippen LogP contribution in [0.2, 0.25) is 5.02 Å². The first-order valence-electron chi connectivity index (χ1n) is 6.35. The number of hydrogen-bond acceptors (Lipinski definition) is 2. The molecule has 0 aliphatic heterocycles. The molecule has 0 aliphatic rings. The molecule has 0 bridgehead atoms. The summed E-state index contributed by atoms with van der Waals surface area (Å²) in [6.45, 7) is 0. The third kappa shape index (κ3) is 2.36. The summed E-state index contributed by atoms with van der Waals surface area (Å²) in [7, 11) is 0. The zero-order valence-corrected chi connectivity index (χ0v) is 11.7. The second-order valence-electron chi connectivity index (χ2n) is 4.70. The Kier molecular flexibility index (Phi) is 3.35. The fourth-order valence-corrected chi connectivity index (χ4v) is 2.53. The lowest BCUT2D eigenvalue weighted by Gasteiger charge is -2.09. The third-order valence-electron chi connectivity index (χ3n) is 3.37. The van der Waals surface area contributed by atoms with Crippen molar-refractivity contribution in [3.05, 3.63) is 76.6 Å². The lowest BCUT2D eigenvalue weighted by molar-refractivity contribution is 0.104. The highest BCUT2D eigenvalue weighted by Gasteiger charge is 2.16. The van der Waals surface area contributed by atoms with Gasteiger partial charge >= 0.3 is 0 Å². The number of halogens is 2. The number of carbonyl (C=O) groups excluding carboxylic acids is 1. The maximum absolute atomic E-state index is 13.8. The van der Waals surface area contributed by atoms with Crippen molar-refractivity contribution in [3.63, 3.8) is 0 Å². The van der Waals surface area contributed by atoms with E-state index in [4.69, 9.17) is 17.3 Å². The zero-order chi connectivity index (χ0) is 15.0. The molecule has 104 valence electrons. The molecular formula is C17H11ClFNO. The summed E-state index contributed by atoms with van der Waals surface area (Å²) in [5, 5.41) is 1.45. The van der Waals surface area contributed by atoms with Crippen molar-refractivity contribution in [2.24, 2.45) is 0 Å². The van der Waals surface area contributed by atoms with Crippen molar-refractivity contribution in [1.29, 1.82) is 0 Å². The normalized spacial score (nSPS) is 10.8. The minimum absolute atomic E-state index is 0.250. The van der Waals surface area contributed by atoms with Gasteiger partial charge in [0.2, 0.25) is 0 Å². The molecule has 2 N–H and O–H groups in total. The van der Waals surface area contributed by atoms with E-state index in [0.717, 1.165) is 0 Å². The molecule has 0 unspecified atom stereocenters. The molecule has 0 spiro atoms. The van der Waals surface area contributed by atoms with E-state index in [1.807, 2.05) is 0 Å². The number of nitrogen functional groups attached to an aromatic ring is 1. The maximum Gasteiger partial charge on any atom is 0.195 e. The standard InChI is InChI=1S/C17H11ClFNO/c18-10-5-6-14(16(20)9-10)17(21)13-7-8-15(19)12-4-2-1-3-11(12)13/h1-9H,20H2. The Morgan fingerprint density at radius 1 is 0.952 bits per heavy atom. The Morgan fingerprint density at radius 3 is 2.33 bits per heavy atom. The summed E-state index contributed by atoms with van der Waals surface area (Å²) in [5.41, 5.74) is 6.94. The van der Waals surface area contributed by atoms with Gasteiger partial charge in [0.25, 0.3) is 0 Å². The fraction of sp³-hybridized carbons (Fsp3) is 0. The lowest BCUT2D eigenvalue weighted by atomic mass is 9.96. The van der Waals surface area contributed by atoms with Crippen molar-refractivity contribution in [1.82, 2.24) is 0 Å². The number of fused-ring (bicyclic) bond motifs is 1. The molecule has 0 fully saturated rings. The number of benzene rings is 3. The highest BCUT2D eigenvalue weighted by molar-refractivity contribution is 6.31. The van der Waals surface area contributed by atoms with Crippen molar-refractivity contribution in [3.8, 4) is 0 Å². The van der Waals surface area contributed by atoms with E-state index in [9.17, 15) is 9.18 Å². The van der Waals surface area contributed by atoms with E-state index in [1.165, 1.54) is 18.2 Å². The Balaban J connectivity index is 2.21. The van der Waals surface area contributed by atoms with Crippen LogP contribution in [0.3, 0.4) is 0 Å². The first kappa shape index (κ1) is 13.6. The molecule has 0 radical (unpaired) electrons. The largest absolute Gasteiger partial charge is 0.398 e. The predicted octanol–water partition coefficient (Wildman–Crippen LogP) is 4.45. The first-order valence-corrected chi connectivity index (χ1v) is 6.72. The average molecular weight is 300 g/mol. The van der Waals surface area contributed by atoms with Crippen molar-refractivity contribution < 1.29 is 9.18 Å². The molecule has 21 heavy (non-hydrogen) atoms. The second kappa shape index (κ2) is 5.19. The van der Waals surface area contributed by atoms with Gasteiger partial charge in [-0.2, -0.15) is 0 Å². The van der Waals surface area contributed by atoms with Crippen LogP contribution in [-0.4, -0.2) is 5.78 Å². The summed E-state index contributed by atoms with van der Waals surface area (Å²) in [6.07, 6.45) is 0. The van der Waals surface area contributed by atoms with Crippen LogP contribution in [0.15, 0.2) is 54.6 Å². The molecule has 0 amide bonds. The Labute approximate surface area is 126 Å². The topological polar surface area (TPSA) is 43.1 Å². The maximum atomic E-state index is 13.8. The first-order chi connectivity index (χ1) is 10.1. The molecule has 0 atom stereocenters. The van der Waals surface area contributed by atoms with Crippen LogP contribution in [0.25, 0.3) is 10.8 Å². The van der Waals surface area contributed by atoms with E-state index >= 15 is 0 Å². The van der Waals surface area contributed by atoms with Crippen LogP contribution in [0.5, 0.6) is 0 Å². The average Bonchev–Trinajstić information content (AvgIpc) is 2.47. The Hall–Kier alpha value is -2.39. The quantitative estimate of drug-likeness (QED) is 0.561. The van der Waals surface area contributed by atoms with Crippen LogP contribution in [-0.2, 0) is 0 Å². The molecule has 3 rings (SSSR count).